The van der Waals surface area contributed by atoms with E-state index in [1.165, 1.54) is 11.5 Å². The maximum absolute atomic E-state index is 5.39. The standard InChI is InChI=1S/C15H21N3O2S/c1-9(2)13-15(21-18-17-13)14(16-3)10-6-7-11(19-4)12(8-10)20-5/h6-9,14,16H,1-5H3. The van der Waals surface area contributed by atoms with Crippen LogP contribution in [0.5, 0.6) is 11.5 Å². The average molecular weight is 307 g/mol. The van der Waals surface area contributed by atoms with Gasteiger partial charge in [0.15, 0.2) is 11.5 Å². The zero-order valence-corrected chi connectivity index (χ0v) is 13.8. The largest absolute Gasteiger partial charge is 0.493 e. The highest BCUT2D eigenvalue weighted by Crippen LogP contribution is 2.35. The first-order valence-corrected chi connectivity index (χ1v) is 7.61. The molecule has 0 radical (unpaired) electrons. The SMILES string of the molecule is CNC(c1ccc(OC)c(OC)c1)c1snnc1C(C)C. The van der Waals surface area contributed by atoms with Crippen molar-refractivity contribution in [1.29, 1.82) is 0 Å². The van der Waals surface area contributed by atoms with Crippen LogP contribution in [-0.4, -0.2) is 30.9 Å². The molecule has 0 aliphatic heterocycles. The Bertz CT molecular complexity index is 598. The molecule has 2 aromatic rings. The number of nitrogens with zero attached hydrogens (tertiary/aromatic N) is 2. The van der Waals surface area contributed by atoms with Crippen molar-refractivity contribution in [3.63, 3.8) is 0 Å². The van der Waals surface area contributed by atoms with Crippen LogP contribution in [0.1, 0.15) is 41.9 Å². The van der Waals surface area contributed by atoms with Crippen LogP contribution in [0, 0.1) is 0 Å². The first-order valence-electron chi connectivity index (χ1n) is 6.83. The number of methoxy groups -OCH3 is 2. The van der Waals surface area contributed by atoms with Crippen LogP contribution < -0.4 is 14.8 Å². The van der Waals surface area contributed by atoms with E-state index in [1.807, 2.05) is 25.2 Å². The van der Waals surface area contributed by atoms with Gasteiger partial charge in [0.25, 0.3) is 0 Å². The van der Waals surface area contributed by atoms with E-state index in [-0.39, 0.29) is 6.04 Å². The summed E-state index contributed by atoms with van der Waals surface area (Å²) < 4.78 is 14.8. The Morgan fingerprint density at radius 3 is 2.43 bits per heavy atom. The molecule has 0 aliphatic carbocycles. The molecule has 6 heteroatoms. The third-order valence-corrected chi connectivity index (χ3v) is 4.18. The Labute approximate surface area is 129 Å². The van der Waals surface area contributed by atoms with Crippen LogP contribution in [0.4, 0.5) is 0 Å². The normalized spacial score (nSPS) is 12.5. The summed E-state index contributed by atoms with van der Waals surface area (Å²) in [6, 6.07) is 5.99. The van der Waals surface area contributed by atoms with Crippen molar-refractivity contribution < 1.29 is 9.47 Å². The summed E-state index contributed by atoms with van der Waals surface area (Å²) in [4.78, 5) is 1.14. The molecule has 114 valence electrons. The van der Waals surface area contributed by atoms with Crippen molar-refractivity contribution in [1.82, 2.24) is 14.9 Å². The van der Waals surface area contributed by atoms with E-state index in [0.29, 0.717) is 5.92 Å². The van der Waals surface area contributed by atoms with E-state index in [2.05, 4.69) is 28.8 Å². The second-order valence-electron chi connectivity index (χ2n) is 5.01. The lowest BCUT2D eigenvalue weighted by Gasteiger charge is -2.18. The lowest BCUT2D eigenvalue weighted by molar-refractivity contribution is 0.354. The molecule has 1 heterocycles. The zero-order valence-electron chi connectivity index (χ0n) is 13.0. The minimum Gasteiger partial charge on any atom is -0.493 e. The summed E-state index contributed by atoms with van der Waals surface area (Å²) in [6.07, 6.45) is 0. The first kappa shape index (κ1) is 15.7. The molecule has 1 unspecified atom stereocenters. The van der Waals surface area contributed by atoms with Crippen LogP contribution in [-0.2, 0) is 0 Å². The molecule has 0 fully saturated rings. The minimum atomic E-state index is 0.0437. The van der Waals surface area contributed by atoms with E-state index in [1.54, 1.807) is 14.2 Å². The molecule has 0 bridgehead atoms. The first-order chi connectivity index (χ1) is 10.1. The van der Waals surface area contributed by atoms with Gasteiger partial charge in [-0.1, -0.05) is 24.4 Å². The Morgan fingerprint density at radius 2 is 1.86 bits per heavy atom. The van der Waals surface area contributed by atoms with Crippen LogP contribution in [0.3, 0.4) is 0 Å². The highest BCUT2D eigenvalue weighted by Gasteiger charge is 2.22. The van der Waals surface area contributed by atoms with Gasteiger partial charge in [0.2, 0.25) is 0 Å². The Kier molecular flexibility index (Phi) is 5.14. The number of nitrogens with one attached hydrogen (secondary N) is 1. The predicted octanol–water partition coefficient (Wildman–Crippen LogP) is 2.99. The number of benzene rings is 1. The Balaban J connectivity index is 2.44. The Morgan fingerprint density at radius 1 is 1.14 bits per heavy atom. The van der Waals surface area contributed by atoms with Gasteiger partial charge in [-0.3, -0.25) is 0 Å². The van der Waals surface area contributed by atoms with Gasteiger partial charge in [0.05, 0.1) is 30.8 Å². The number of rotatable bonds is 6. The van der Waals surface area contributed by atoms with E-state index in [9.17, 15) is 0 Å². The van der Waals surface area contributed by atoms with Crippen molar-refractivity contribution in [3.05, 3.63) is 34.3 Å². The van der Waals surface area contributed by atoms with Gasteiger partial charge in [-0.2, -0.15) is 0 Å². The predicted molar refractivity (Wildman–Crippen MR) is 84.4 cm³/mol. The van der Waals surface area contributed by atoms with Gasteiger partial charge in [-0.25, -0.2) is 0 Å². The molecule has 0 saturated heterocycles. The lowest BCUT2D eigenvalue weighted by Crippen LogP contribution is -2.18. The minimum absolute atomic E-state index is 0.0437. The van der Waals surface area contributed by atoms with Crippen LogP contribution in [0.25, 0.3) is 0 Å². The summed E-state index contributed by atoms with van der Waals surface area (Å²) >= 11 is 1.43. The second-order valence-corrected chi connectivity index (χ2v) is 5.80. The summed E-state index contributed by atoms with van der Waals surface area (Å²) in [6.45, 7) is 4.25. The van der Waals surface area contributed by atoms with Crippen molar-refractivity contribution in [2.24, 2.45) is 0 Å². The molecule has 2 rings (SSSR count). The van der Waals surface area contributed by atoms with E-state index < -0.39 is 0 Å². The average Bonchev–Trinajstić information content (AvgIpc) is 2.97. The number of ether oxygens (including phenoxy) is 2. The highest BCUT2D eigenvalue weighted by molar-refractivity contribution is 7.05. The quantitative estimate of drug-likeness (QED) is 0.889. The molecule has 0 saturated carbocycles. The monoisotopic (exact) mass is 307 g/mol. The fourth-order valence-corrected chi connectivity index (χ4v) is 3.23. The maximum Gasteiger partial charge on any atom is 0.161 e. The molecule has 1 atom stereocenters. The zero-order chi connectivity index (χ0) is 15.4. The van der Waals surface area contributed by atoms with E-state index in [0.717, 1.165) is 27.6 Å². The molecule has 5 nitrogen and oxygen atoms in total. The number of hydrogen-bond donors (Lipinski definition) is 1. The van der Waals surface area contributed by atoms with Crippen molar-refractivity contribution in [3.8, 4) is 11.5 Å². The molecule has 0 aliphatic rings. The van der Waals surface area contributed by atoms with Gasteiger partial charge in [-0.05, 0) is 42.2 Å². The number of hydrogen-bond acceptors (Lipinski definition) is 6. The summed E-state index contributed by atoms with van der Waals surface area (Å²) in [5.41, 5.74) is 2.14. The van der Waals surface area contributed by atoms with E-state index >= 15 is 0 Å². The molecular weight excluding hydrogens is 286 g/mol. The van der Waals surface area contributed by atoms with Gasteiger partial charge in [0.1, 0.15) is 0 Å². The maximum atomic E-state index is 5.39. The fourth-order valence-electron chi connectivity index (χ4n) is 2.29. The van der Waals surface area contributed by atoms with Gasteiger partial charge < -0.3 is 14.8 Å². The smallest absolute Gasteiger partial charge is 0.161 e. The molecule has 1 aromatic carbocycles. The third kappa shape index (κ3) is 3.16. The molecule has 1 aromatic heterocycles. The van der Waals surface area contributed by atoms with Gasteiger partial charge in [-0.15, -0.1) is 5.10 Å². The van der Waals surface area contributed by atoms with Crippen LogP contribution >= 0.6 is 11.5 Å². The van der Waals surface area contributed by atoms with Crippen molar-refractivity contribution in [2.75, 3.05) is 21.3 Å². The molecule has 1 N–H and O–H groups in total. The van der Waals surface area contributed by atoms with Gasteiger partial charge in [0, 0.05) is 0 Å². The summed E-state index contributed by atoms with van der Waals surface area (Å²) in [7, 11) is 5.21. The van der Waals surface area contributed by atoms with Crippen molar-refractivity contribution >= 4 is 11.5 Å². The molecule has 21 heavy (non-hydrogen) atoms. The van der Waals surface area contributed by atoms with E-state index in [4.69, 9.17) is 9.47 Å². The summed E-state index contributed by atoms with van der Waals surface area (Å²) in [5.74, 6) is 1.79. The van der Waals surface area contributed by atoms with Crippen LogP contribution in [0.15, 0.2) is 18.2 Å². The third-order valence-electron chi connectivity index (χ3n) is 3.38. The fraction of sp³-hybridized carbons (Fsp3) is 0.467. The molecule has 0 amide bonds. The Hall–Kier alpha value is -1.66. The topological polar surface area (TPSA) is 56.3 Å². The van der Waals surface area contributed by atoms with Crippen molar-refractivity contribution in [2.45, 2.75) is 25.8 Å². The molecular formula is C15H21N3O2S. The second kappa shape index (κ2) is 6.87. The number of aromatic nitrogens is 2. The summed E-state index contributed by atoms with van der Waals surface area (Å²) in [5, 5.41) is 7.60. The lowest BCUT2D eigenvalue weighted by atomic mass is 10.00. The van der Waals surface area contributed by atoms with Gasteiger partial charge >= 0.3 is 0 Å². The van der Waals surface area contributed by atoms with Crippen LogP contribution in [0.2, 0.25) is 0 Å². The molecule has 0 spiro atoms. The highest BCUT2D eigenvalue weighted by atomic mass is 32.1.